The molecular weight excluding hydrogens is 453 g/mol. The molecule has 0 bridgehead atoms. The molecule has 35 heavy (non-hydrogen) atoms. The number of hydrogen-bond acceptors (Lipinski definition) is 5. The first kappa shape index (κ1) is 25.8. The van der Waals surface area contributed by atoms with Crippen LogP contribution in [0.2, 0.25) is 0 Å². The zero-order valence-electron chi connectivity index (χ0n) is 19.4. The fraction of sp³-hybridized carbons (Fsp3) is 0.269. The van der Waals surface area contributed by atoms with Crippen LogP contribution in [0, 0.1) is 5.82 Å². The SMILES string of the molecule is C=CC(O)CC(O)C(C(=O)O)c1c(C(C)C)c(C(=O)Nc2ccccc2)nn1-c1ccc(F)cc1. The lowest BCUT2D eigenvalue weighted by molar-refractivity contribution is -0.142. The monoisotopic (exact) mass is 481 g/mol. The molecule has 0 spiro atoms. The van der Waals surface area contributed by atoms with E-state index in [1.807, 2.05) is 0 Å². The number of nitrogens with one attached hydrogen (secondary N) is 1. The molecular formula is C26H28FN3O5. The highest BCUT2D eigenvalue weighted by Crippen LogP contribution is 2.35. The first-order valence-electron chi connectivity index (χ1n) is 11.1. The van der Waals surface area contributed by atoms with Crippen LogP contribution >= 0.6 is 0 Å². The molecule has 0 radical (unpaired) electrons. The van der Waals surface area contributed by atoms with Gasteiger partial charge in [-0.3, -0.25) is 9.59 Å². The third-order valence-electron chi connectivity index (χ3n) is 5.56. The molecule has 0 aliphatic heterocycles. The predicted octanol–water partition coefficient (Wildman–Crippen LogP) is 3.85. The highest BCUT2D eigenvalue weighted by molar-refractivity contribution is 6.04. The van der Waals surface area contributed by atoms with E-state index in [9.17, 15) is 29.3 Å². The number of para-hydroxylation sites is 1. The summed E-state index contributed by atoms with van der Waals surface area (Å²) in [7, 11) is 0. The van der Waals surface area contributed by atoms with Crippen LogP contribution in [0.25, 0.3) is 5.69 Å². The van der Waals surface area contributed by atoms with E-state index < -0.39 is 35.8 Å². The first-order chi connectivity index (χ1) is 16.6. The summed E-state index contributed by atoms with van der Waals surface area (Å²) >= 11 is 0. The maximum Gasteiger partial charge on any atom is 0.315 e. The minimum Gasteiger partial charge on any atom is -0.481 e. The Morgan fingerprint density at radius 1 is 1.11 bits per heavy atom. The van der Waals surface area contributed by atoms with Gasteiger partial charge in [-0.25, -0.2) is 9.07 Å². The van der Waals surface area contributed by atoms with Crippen molar-refractivity contribution < 1.29 is 29.3 Å². The number of benzene rings is 2. The van der Waals surface area contributed by atoms with Gasteiger partial charge in [-0.15, -0.1) is 6.58 Å². The molecule has 0 aliphatic carbocycles. The Balaban J connectivity index is 2.23. The number of nitrogens with zero attached hydrogens (tertiary/aromatic N) is 2. The average molecular weight is 482 g/mol. The number of halogens is 1. The van der Waals surface area contributed by atoms with Gasteiger partial charge < -0.3 is 20.6 Å². The molecule has 8 nitrogen and oxygen atoms in total. The molecule has 1 amide bonds. The van der Waals surface area contributed by atoms with Gasteiger partial charge in [-0.05, 0) is 42.3 Å². The Labute approximate surface area is 202 Å². The second-order valence-corrected chi connectivity index (χ2v) is 8.43. The first-order valence-corrected chi connectivity index (χ1v) is 11.1. The molecule has 0 saturated heterocycles. The number of aliphatic hydroxyl groups excluding tert-OH is 2. The summed E-state index contributed by atoms with van der Waals surface area (Å²) in [5.74, 6) is -4.34. The maximum absolute atomic E-state index is 13.6. The molecule has 184 valence electrons. The molecule has 0 fully saturated rings. The molecule has 0 saturated carbocycles. The van der Waals surface area contributed by atoms with Gasteiger partial charge in [0.05, 0.1) is 23.6 Å². The van der Waals surface area contributed by atoms with Crippen molar-refractivity contribution in [2.45, 2.75) is 44.3 Å². The molecule has 3 atom stereocenters. The van der Waals surface area contributed by atoms with Crippen molar-refractivity contribution in [3.63, 3.8) is 0 Å². The van der Waals surface area contributed by atoms with Gasteiger partial charge >= 0.3 is 5.97 Å². The van der Waals surface area contributed by atoms with Crippen molar-refractivity contribution in [1.82, 2.24) is 9.78 Å². The lowest BCUT2D eigenvalue weighted by Crippen LogP contribution is -2.32. The van der Waals surface area contributed by atoms with Crippen LogP contribution in [0.4, 0.5) is 10.1 Å². The third-order valence-corrected chi connectivity index (χ3v) is 5.56. The molecule has 1 aromatic heterocycles. The summed E-state index contributed by atoms with van der Waals surface area (Å²) in [5, 5.41) is 38.1. The summed E-state index contributed by atoms with van der Waals surface area (Å²) in [6.07, 6.45) is -1.77. The summed E-state index contributed by atoms with van der Waals surface area (Å²) in [5.41, 5.74) is 1.20. The van der Waals surface area contributed by atoms with Gasteiger partial charge in [0.15, 0.2) is 5.69 Å². The van der Waals surface area contributed by atoms with Gasteiger partial charge in [0, 0.05) is 17.7 Å². The van der Waals surface area contributed by atoms with E-state index in [1.165, 1.54) is 35.0 Å². The van der Waals surface area contributed by atoms with Crippen LogP contribution in [-0.2, 0) is 4.79 Å². The Hall–Kier alpha value is -3.82. The number of carbonyl (C=O) groups is 2. The van der Waals surface area contributed by atoms with Crippen LogP contribution in [0.5, 0.6) is 0 Å². The molecule has 0 aliphatic rings. The van der Waals surface area contributed by atoms with Crippen molar-refractivity contribution in [3.05, 3.63) is 90.0 Å². The Kier molecular flexibility index (Phi) is 8.16. The number of rotatable bonds is 10. The van der Waals surface area contributed by atoms with Gasteiger partial charge in [-0.2, -0.15) is 5.10 Å². The molecule has 3 rings (SSSR count). The fourth-order valence-corrected chi connectivity index (χ4v) is 3.91. The molecule has 1 heterocycles. The van der Waals surface area contributed by atoms with E-state index in [0.717, 1.165) is 0 Å². The number of aliphatic hydroxyl groups is 2. The third kappa shape index (κ3) is 5.82. The van der Waals surface area contributed by atoms with E-state index in [4.69, 9.17) is 0 Å². The van der Waals surface area contributed by atoms with Crippen LogP contribution in [0.3, 0.4) is 0 Å². The summed E-state index contributed by atoms with van der Waals surface area (Å²) in [4.78, 5) is 25.7. The highest BCUT2D eigenvalue weighted by atomic mass is 19.1. The van der Waals surface area contributed by atoms with Gasteiger partial charge in [-0.1, -0.05) is 38.1 Å². The quantitative estimate of drug-likeness (QED) is 0.326. The number of carboxylic acids is 1. The van der Waals surface area contributed by atoms with Crippen molar-refractivity contribution in [2.24, 2.45) is 0 Å². The Morgan fingerprint density at radius 3 is 2.29 bits per heavy atom. The van der Waals surface area contributed by atoms with E-state index in [2.05, 4.69) is 17.0 Å². The summed E-state index contributed by atoms with van der Waals surface area (Å²) < 4.78 is 14.9. The fourth-order valence-electron chi connectivity index (χ4n) is 3.91. The zero-order valence-corrected chi connectivity index (χ0v) is 19.4. The van der Waals surface area contributed by atoms with Crippen molar-refractivity contribution in [3.8, 4) is 5.69 Å². The topological polar surface area (TPSA) is 125 Å². The zero-order chi connectivity index (χ0) is 25.7. The predicted molar refractivity (Wildman–Crippen MR) is 129 cm³/mol. The number of carbonyl (C=O) groups excluding carboxylic acids is 1. The minimum atomic E-state index is -1.54. The minimum absolute atomic E-state index is 0.0223. The number of carboxylic acid groups (broad SMARTS) is 1. The number of hydrogen-bond donors (Lipinski definition) is 4. The maximum atomic E-state index is 13.6. The molecule has 2 aromatic carbocycles. The van der Waals surface area contributed by atoms with E-state index in [-0.39, 0.29) is 23.7 Å². The van der Waals surface area contributed by atoms with Crippen LogP contribution in [0.15, 0.2) is 67.3 Å². The standard InChI is InChI=1S/C26H28FN3O5/c1-4-19(31)14-20(32)22(26(34)35)24-21(15(2)3)23(25(33)28-17-8-6-5-7-9-17)29-30(24)18-12-10-16(27)11-13-18/h4-13,15,19-20,22,31-32H,1,14H2,2-3H3,(H,28,33)(H,34,35). The van der Waals surface area contributed by atoms with Gasteiger partial charge in [0.1, 0.15) is 11.7 Å². The lowest BCUT2D eigenvalue weighted by atomic mass is 9.87. The highest BCUT2D eigenvalue weighted by Gasteiger charge is 2.38. The van der Waals surface area contributed by atoms with Crippen LogP contribution < -0.4 is 5.32 Å². The second kappa shape index (κ2) is 11.1. The van der Waals surface area contributed by atoms with Gasteiger partial charge in [0.25, 0.3) is 5.91 Å². The Bertz CT molecular complexity index is 1190. The lowest BCUT2D eigenvalue weighted by Gasteiger charge is -2.24. The van der Waals surface area contributed by atoms with Crippen LogP contribution in [-0.4, -0.2) is 49.2 Å². The molecule has 4 N–H and O–H groups in total. The molecule has 9 heteroatoms. The average Bonchev–Trinajstić information content (AvgIpc) is 3.20. The number of aliphatic carboxylic acids is 1. The number of anilines is 1. The van der Waals surface area contributed by atoms with Crippen molar-refractivity contribution in [1.29, 1.82) is 0 Å². The largest absolute Gasteiger partial charge is 0.481 e. The van der Waals surface area contributed by atoms with Crippen LogP contribution in [0.1, 0.15) is 53.8 Å². The summed E-state index contributed by atoms with van der Waals surface area (Å²) in [6, 6.07) is 13.9. The normalized spacial score (nSPS) is 13.8. The second-order valence-electron chi connectivity index (χ2n) is 8.43. The smallest absolute Gasteiger partial charge is 0.315 e. The molecule has 3 aromatic rings. The number of amides is 1. The summed E-state index contributed by atoms with van der Waals surface area (Å²) in [6.45, 7) is 7.02. The number of aromatic nitrogens is 2. The van der Waals surface area contributed by atoms with Gasteiger partial charge in [0.2, 0.25) is 0 Å². The van der Waals surface area contributed by atoms with E-state index >= 15 is 0 Å². The van der Waals surface area contributed by atoms with Crippen molar-refractivity contribution >= 4 is 17.6 Å². The van der Waals surface area contributed by atoms with E-state index in [1.54, 1.807) is 44.2 Å². The molecule has 3 unspecified atom stereocenters. The van der Waals surface area contributed by atoms with E-state index in [0.29, 0.717) is 16.9 Å². The van der Waals surface area contributed by atoms with Crippen molar-refractivity contribution in [2.75, 3.05) is 5.32 Å². The Morgan fingerprint density at radius 2 is 1.74 bits per heavy atom.